The predicted octanol–water partition coefficient (Wildman–Crippen LogP) is 2.93. The lowest BCUT2D eigenvalue weighted by Gasteiger charge is -2.03. The van der Waals surface area contributed by atoms with Crippen molar-refractivity contribution in [3.8, 4) is 0 Å². The van der Waals surface area contributed by atoms with Crippen molar-refractivity contribution in [2.45, 2.75) is 19.8 Å². The van der Waals surface area contributed by atoms with Crippen LogP contribution in [-0.2, 0) is 17.6 Å². The third-order valence-corrected chi connectivity index (χ3v) is 2.87. The fourth-order valence-corrected chi connectivity index (χ4v) is 1.93. The number of carbonyl (C=O) groups excluding carboxylic acids is 1. The average molecular weight is 239 g/mol. The summed E-state index contributed by atoms with van der Waals surface area (Å²) in [4.78, 5) is 11.9. The van der Waals surface area contributed by atoms with Gasteiger partial charge in [0.25, 0.3) is 0 Å². The third-order valence-electron chi connectivity index (χ3n) is 2.87. The Morgan fingerprint density at radius 3 is 2.33 bits per heavy atom. The summed E-state index contributed by atoms with van der Waals surface area (Å²) >= 11 is 0. The van der Waals surface area contributed by atoms with Gasteiger partial charge < -0.3 is 5.73 Å². The quantitative estimate of drug-likeness (QED) is 0.834. The number of ketones is 1. The van der Waals surface area contributed by atoms with E-state index in [0.717, 1.165) is 11.1 Å². The number of nitrogen functional groups attached to an aromatic ring is 1. The molecule has 2 aromatic carbocycles. The van der Waals surface area contributed by atoms with Gasteiger partial charge in [0.1, 0.15) is 5.78 Å². The molecule has 0 saturated heterocycles. The highest BCUT2D eigenvalue weighted by Gasteiger charge is 2.05. The van der Waals surface area contributed by atoms with Crippen molar-refractivity contribution in [3.63, 3.8) is 0 Å². The van der Waals surface area contributed by atoms with E-state index in [1.54, 1.807) is 0 Å². The van der Waals surface area contributed by atoms with E-state index < -0.39 is 0 Å². The Bertz CT molecular complexity index is 543. The number of aryl methyl sites for hydroxylation is 1. The smallest absolute Gasteiger partial charge is 0.141 e. The maximum absolute atomic E-state index is 11.9. The molecule has 2 nitrogen and oxygen atoms in total. The highest BCUT2D eigenvalue weighted by Crippen LogP contribution is 2.10. The first-order valence-corrected chi connectivity index (χ1v) is 6.05. The second kappa shape index (κ2) is 5.50. The monoisotopic (exact) mass is 239 g/mol. The van der Waals surface area contributed by atoms with Crippen LogP contribution < -0.4 is 5.73 Å². The predicted molar refractivity (Wildman–Crippen MR) is 74.4 cm³/mol. The van der Waals surface area contributed by atoms with E-state index in [4.69, 9.17) is 5.73 Å². The first-order chi connectivity index (χ1) is 8.63. The van der Waals surface area contributed by atoms with Crippen molar-refractivity contribution in [1.82, 2.24) is 0 Å². The van der Waals surface area contributed by atoms with Crippen LogP contribution in [0, 0.1) is 6.92 Å². The van der Waals surface area contributed by atoms with Crippen LogP contribution in [0.5, 0.6) is 0 Å². The molecule has 0 unspecified atom stereocenters. The van der Waals surface area contributed by atoms with Gasteiger partial charge in [-0.25, -0.2) is 0 Å². The molecule has 2 N–H and O–H groups in total. The number of anilines is 1. The Morgan fingerprint density at radius 2 is 1.67 bits per heavy atom. The normalized spacial score (nSPS) is 10.3. The van der Waals surface area contributed by atoms with Gasteiger partial charge in [0.05, 0.1) is 0 Å². The molecular weight excluding hydrogens is 222 g/mol. The Hall–Kier alpha value is -2.09. The molecule has 2 aromatic rings. The van der Waals surface area contributed by atoms with Crippen LogP contribution in [0.3, 0.4) is 0 Å². The van der Waals surface area contributed by atoms with Crippen molar-refractivity contribution in [2.24, 2.45) is 0 Å². The van der Waals surface area contributed by atoms with Gasteiger partial charge in [-0.2, -0.15) is 0 Å². The van der Waals surface area contributed by atoms with E-state index in [2.05, 4.69) is 0 Å². The van der Waals surface area contributed by atoms with Gasteiger partial charge in [0, 0.05) is 18.5 Å². The van der Waals surface area contributed by atoms with Crippen molar-refractivity contribution < 1.29 is 4.79 Å². The first kappa shape index (κ1) is 12.4. The largest absolute Gasteiger partial charge is 0.399 e. The number of benzene rings is 2. The van der Waals surface area contributed by atoms with Gasteiger partial charge >= 0.3 is 0 Å². The zero-order valence-electron chi connectivity index (χ0n) is 10.5. The number of rotatable bonds is 4. The van der Waals surface area contributed by atoms with Crippen molar-refractivity contribution in [2.75, 3.05) is 5.73 Å². The Morgan fingerprint density at radius 1 is 1.00 bits per heavy atom. The SMILES string of the molecule is Cc1ccc(CC(=O)Cc2cccc(N)c2)cc1. The summed E-state index contributed by atoms with van der Waals surface area (Å²) in [6, 6.07) is 15.6. The van der Waals surface area contributed by atoms with Crippen molar-refractivity contribution in [3.05, 3.63) is 65.2 Å². The zero-order chi connectivity index (χ0) is 13.0. The molecule has 0 atom stereocenters. The van der Waals surface area contributed by atoms with Gasteiger partial charge in [0.2, 0.25) is 0 Å². The number of nitrogens with two attached hydrogens (primary N) is 1. The lowest BCUT2D eigenvalue weighted by Crippen LogP contribution is -2.06. The number of Topliss-reactive ketones (excluding diaryl/α,β-unsaturated/α-hetero) is 1. The Kier molecular flexibility index (Phi) is 3.78. The van der Waals surface area contributed by atoms with Gasteiger partial charge in [-0.1, -0.05) is 42.0 Å². The van der Waals surface area contributed by atoms with E-state index in [1.807, 2.05) is 55.5 Å². The minimum atomic E-state index is 0.212. The van der Waals surface area contributed by atoms with E-state index in [0.29, 0.717) is 18.5 Å². The van der Waals surface area contributed by atoms with Crippen LogP contribution in [0.1, 0.15) is 16.7 Å². The van der Waals surface area contributed by atoms with Crippen LogP contribution in [-0.4, -0.2) is 5.78 Å². The minimum absolute atomic E-state index is 0.212. The molecule has 0 saturated carbocycles. The third kappa shape index (κ3) is 3.45. The summed E-state index contributed by atoms with van der Waals surface area (Å²) in [5, 5.41) is 0. The fraction of sp³-hybridized carbons (Fsp3) is 0.188. The summed E-state index contributed by atoms with van der Waals surface area (Å²) in [7, 11) is 0. The Balaban J connectivity index is 1.98. The molecule has 0 fully saturated rings. The Labute approximate surface area is 107 Å². The molecule has 0 aliphatic carbocycles. The summed E-state index contributed by atoms with van der Waals surface area (Å²) in [5.74, 6) is 0.212. The van der Waals surface area contributed by atoms with Crippen LogP contribution in [0.2, 0.25) is 0 Å². The fourth-order valence-electron chi connectivity index (χ4n) is 1.93. The number of hydrogen-bond donors (Lipinski definition) is 1. The highest BCUT2D eigenvalue weighted by atomic mass is 16.1. The summed E-state index contributed by atoms with van der Waals surface area (Å²) in [6.07, 6.45) is 0.925. The van der Waals surface area contributed by atoms with Gasteiger partial charge in [-0.3, -0.25) is 4.79 Å². The molecule has 0 aliphatic heterocycles. The molecule has 18 heavy (non-hydrogen) atoms. The highest BCUT2D eigenvalue weighted by molar-refractivity contribution is 5.83. The van der Waals surface area contributed by atoms with E-state index in [1.165, 1.54) is 5.56 Å². The van der Waals surface area contributed by atoms with Gasteiger partial charge in [-0.05, 0) is 30.2 Å². The standard InChI is InChI=1S/C16H17NO/c1-12-5-7-13(8-6-12)10-16(18)11-14-3-2-4-15(17)9-14/h2-9H,10-11,17H2,1H3. The minimum Gasteiger partial charge on any atom is -0.399 e. The van der Waals surface area contributed by atoms with Crippen molar-refractivity contribution in [1.29, 1.82) is 0 Å². The number of carbonyl (C=O) groups is 1. The lowest BCUT2D eigenvalue weighted by atomic mass is 10.0. The maximum atomic E-state index is 11.9. The molecule has 2 heteroatoms. The molecule has 0 aromatic heterocycles. The molecule has 0 bridgehead atoms. The molecule has 92 valence electrons. The molecule has 0 radical (unpaired) electrons. The van der Waals surface area contributed by atoms with Crippen LogP contribution >= 0.6 is 0 Å². The van der Waals surface area contributed by atoms with Crippen LogP contribution in [0.4, 0.5) is 5.69 Å². The zero-order valence-corrected chi connectivity index (χ0v) is 10.5. The maximum Gasteiger partial charge on any atom is 0.141 e. The molecular formula is C16H17NO. The second-order valence-corrected chi connectivity index (χ2v) is 4.62. The molecule has 0 aliphatic rings. The topological polar surface area (TPSA) is 43.1 Å². The lowest BCUT2D eigenvalue weighted by molar-refractivity contribution is -0.117. The molecule has 0 spiro atoms. The van der Waals surface area contributed by atoms with Gasteiger partial charge in [0.15, 0.2) is 0 Å². The van der Waals surface area contributed by atoms with Crippen LogP contribution in [0.15, 0.2) is 48.5 Å². The van der Waals surface area contributed by atoms with Gasteiger partial charge in [-0.15, -0.1) is 0 Å². The van der Waals surface area contributed by atoms with E-state index >= 15 is 0 Å². The number of hydrogen-bond acceptors (Lipinski definition) is 2. The summed E-state index contributed by atoms with van der Waals surface area (Å²) in [6.45, 7) is 2.04. The molecule has 0 heterocycles. The molecule has 2 rings (SSSR count). The summed E-state index contributed by atoms with van der Waals surface area (Å²) in [5.41, 5.74) is 9.65. The first-order valence-electron chi connectivity index (χ1n) is 6.05. The summed E-state index contributed by atoms with van der Waals surface area (Å²) < 4.78 is 0. The molecule has 0 amide bonds. The average Bonchev–Trinajstić information content (AvgIpc) is 2.32. The second-order valence-electron chi connectivity index (χ2n) is 4.62. The van der Waals surface area contributed by atoms with Crippen LogP contribution in [0.25, 0.3) is 0 Å². The van der Waals surface area contributed by atoms with E-state index in [-0.39, 0.29) is 5.78 Å². The van der Waals surface area contributed by atoms with Crippen molar-refractivity contribution >= 4 is 11.5 Å². The van der Waals surface area contributed by atoms with E-state index in [9.17, 15) is 4.79 Å².